The first-order valence-corrected chi connectivity index (χ1v) is 34.4. The lowest BCUT2D eigenvalue weighted by Gasteiger charge is -2.38. The molecular formula is C76H84B2N5O6Si+. The predicted molar refractivity (Wildman–Crippen MR) is 375 cm³/mol. The molecule has 5 N–H and O–H groups in total. The van der Waals surface area contributed by atoms with Crippen LogP contribution < -0.4 is 26.3 Å². The summed E-state index contributed by atoms with van der Waals surface area (Å²) < 4.78 is 2.35. The summed E-state index contributed by atoms with van der Waals surface area (Å²) in [5.74, 6) is -0.139. The van der Waals surface area contributed by atoms with Gasteiger partial charge in [0.15, 0.2) is 18.0 Å². The Labute approximate surface area is 533 Å². The number of fused-ring (bicyclic) bond motifs is 4. The van der Waals surface area contributed by atoms with Crippen molar-refractivity contribution >= 4 is 88.6 Å². The quantitative estimate of drug-likeness (QED) is 0.0112. The Morgan fingerprint density at radius 2 is 1.14 bits per heavy atom. The number of ketones is 1. The molecule has 0 bridgehead atoms. The Hall–Kier alpha value is -8.30. The van der Waals surface area contributed by atoms with Crippen LogP contribution in [0.1, 0.15) is 84.0 Å². The van der Waals surface area contributed by atoms with Crippen LogP contribution in [0.3, 0.4) is 0 Å². The fourth-order valence-corrected chi connectivity index (χ4v) is 16.1. The number of benzene rings is 8. The molecule has 0 radical (unpaired) electrons. The monoisotopic (exact) mass is 1210 g/mol. The molecule has 90 heavy (non-hydrogen) atoms. The SMILES string of the molecule is C=C(C)C(=O)CCCCN(Cc1ccccc1B(O)O)Cc1c2ccccc2c(CN(CCCNC(=O)C(=C)C)Cc2ccccc2B(O)O)c2ccc(C3=C4C=CC(=[N+](C)Cc5ccccc5)C=C4[Si](C)(C)c4cc(N(C)Cc5ccccc5)ccc43)cc12. The highest BCUT2D eigenvalue weighted by Crippen LogP contribution is 2.44. The fraction of sp³-hybridized carbons (Fsp3) is 0.250. The van der Waals surface area contributed by atoms with Crippen LogP contribution in [0.25, 0.3) is 27.1 Å². The normalized spacial score (nSPS) is 13.9. The summed E-state index contributed by atoms with van der Waals surface area (Å²) in [5.41, 5.74) is 15.2. The van der Waals surface area contributed by atoms with Crippen LogP contribution >= 0.6 is 0 Å². The molecule has 14 heteroatoms. The first-order chi connectivity index (χ1) is 43.4. The number of hydrogen-bond donors (Lipinski definition) is 5. The zero-order valence-electron chi connectivity index (χ0n) is 53.1. The van der Waals surface area contributed by atoms with E-state index in [1.807, 2.05) is 36.4 Å². The third-order valence-electron chi connectivity index (χ3n) is 18.0. The van der Waals surface area contributed by atoms with E-state index in [1.165, 1.54) is 38.2 Å². The summed E-state index contributed by atoms with van der Waals surface area (Å²) in [6.07, 6.45) is 9.52. The van der Waals surface area contributed by atoms with Gasteiger partial charge in [0.05, 0.1) is 0 Å². The number of carbonyl (C=O) groups is 2. The number of unbranched alkanes of at least 4 members (excludes halogenated alkanes) is 1. The second-order valence-corrected chi connectivity index (χ2v) is 29.4. The second-order valence-electron chi connectivity index (χ2n) is 25.0. The third kappa shape index (κ3) is 15.0. The molecule has 2 aliphatic rings. The van der Waals surface area contributed by atoms with Crippen molar-refractivity contribution < 1.29 is 34.3 Å². The highest BCUT2D eigenvalue weighted by Gasteiger charge is 2.41. The standard InChI is InChI=1S/C76H83B2N5O6Si/c1-53(2)72(84)34-21-22-42-82(49-58-28-15-19-32-70(58)77(86)87)52-69-63-31-18-17-30-62(63)68(51-83(43-23-41-79-76(85)54(3)4)50-59-29-16-20-33-71(59)78(88)89)64-38-35-57(44-67(64)69)75-65-39-36-60(80(5)47-55-24-11-9-12-25-55)45-73(65)90(7,8)74-46-61(37-40-66(74)75)81(6)48-56-26-13-10-14-27-56/h9-20,24-33,35-40,44-46,86-89H,1,3,21-23,34,41-43,47-52H2,2,4-8H3/p+1. The molecule has 0 saturated heterocycles. The molecule has 1 aliphatic heterocycles. The molecule has 1 amide bonds. The number of amides is 1. The maximum absolute atomic E-state index is 12.9. The van der Waals surface area contributed by atoms with Crippen molar-refractivity contribution in [2.75, 3.05) is 38.6 Å². The molecule has 1 heterocycles. The maximum atomic E-state index is 12.9. The lowest BCUT2D eigenvalue weighted by molar-refractivity contribution is -0.512. The molecule has 0 unspecified atom stereocenters. The van der Waals surface area contributed by atoms with E-state index in [0.29, 0.717) is 87.1 Å². The van der Waals surface area contributed by atoms with Crippen LogP contribution in [0.5, 0.6) is 0 Å². The number of allylic oxidation sites excluding steroid dienone is 6. The van der Waals surface area contributed by atoms with E-state index in [9.17, 15) is 29.7 Å². The second kappa shape index (κ2) is 29.1. The zero-order valence-corrected chi connectivity index (χ0v) is 54.1. The molecular weight excluding hydrogens is 1130 g/mol. The van der Waals surface area contributed by atoms with E-state index < -0.39 is 22.3 Å². The number of hydrogen-bond acceptors (Lipinski definition) is 9. The predicted octanol–water partition coefficient (Wildman–Crippen LogP) is 10.4. The molecule has 458 valence electrons. The lowest BCUT2D eigenvalue weighted by Crippen LogP contribution is -2.49. The van der Waals surface area contributed by atoms with Crippen molar-refractivity contribution in [3.05, 3.63) is 268 Å². The number of rotatable bonds is 27. The maximum Gasteiger partial charge on any atom is 0.488 e. The van der Waals surface area contributed by atoms with Crippen molar-refractivity contribution in [2.45, 2.75) is 91.9 Å². The summed E-state index contributed by atoms with van der Waals surface area (Å²) in [6.45, 7) is 21.2. The third-order valence-corrected chi connectivity index (χ3v) is 21.5. The number of Topliss-reactive ketones (excluding diaryl/α,β-unsaturated/α-hetero) is 1. The molecule has 10 rings (SSSR count). The van der Waals surface area contributed by atoms with Crippen LogP contribution in [0.2, 0.25) is 13.1 Å². The molecule has 8 aromatic carbocycles. The fourth-order valence-electron chi connectivity index (χ4n) is 13.1. The minimum Gasteiger partial charge on any atom is -0.423 e. The van der Waals surface area contributed by atoms with Gasteiger partial charge in [0, 0.05) is 88.3 Å². The van der Waals surface area contributed by atoms with Gasteiger partial charge in [-0.2, -0.15) is 0 Å². The minimum absolute atomic E-state index is 0.0531. The van der Waals surface area contributed by atoms with E-state index >= 15 is 0 Å². The van der Waals surface area contributed by atoms with Gasteiger partial charge in [0.25, 0.3) is 0 Å². The van der Waals surface area contributed by atoms with Crippen LogP contribution in [0.4, 0.5) is 5.69 Å². The molecule has 1 aliphatic carbocycles. The number of anilines is 1. The van der Waals surface area contributed by atoms with Crippen LogP contribution in [0.15, 0.2) is 223 Å². The van der Waals surface area contributed by atoms with E-state index in [-0.39, 0.29) is 11.7 Å². The average molecular weight is 1210 g/mol. The Morgan fingerprint density at radius 3 is 1.74 bits per heavy atom. The van der Waals surface area contributed by atoms with Crippen molar-refractivity contribution in [1.82, 2.24) is 15.1 Å². The largest absolute Gasteiger partial charge is 0.488 e. The Kier molecular flexibility index (Phi) is 20.9. The van der Waals surface area contributed by atoms with Gasteiger partial charge < -0.3 is 30.3 Å². The molecule has 0 aromatic heterocycles. The molecule has 0 saturated carbocycles. The smallest absolute Gasteiger partial charge is 0.423 e. The zero-order chi connectivity index (χ0) is 63.6. The van der Waals surface area contributed by atoms with Gasteiger partial charge in [0.1, 0.15) is 15.1 Å². The van der Waals surface area contributed by atoms with Crippen molar-refractivity contribution in [2.24, 2.45) is 0 Å². The molecule has 11 nitrogen and oxygen atoms in total. The number of carbonyl (C=O) groups excluding carboxylic acids is 2. The molecule has 0 spiro atoms. The average Bonchev–Trinajstić information content (AvgIpc) is 0.722. The topological polar surface area (TPSA) is 140 Å². The van der Waals surface area contributed by atoms with E-state index in [4.69, 9.17) is 0 Å². The highest BCUT2D eigenvalue weighted by atomic mass is 28.3. The summed E-state index contributed by atoms with van der Waals surface area (Å²) in [7, 11) is -1.41. The van der Waals surface area contributed by atoms with E-state index in [0.717, 1.165) is 80.3 Å². The summed E-state index contributed by atoms with van der Waals surface area (Å²) in [6, 6.07) is 59.0. The van der Waals surface area contributed by atoms with Gasteiger partial charge >= 0.3 is 14.2 Å². The van der Waals surface area contributed by atoms with Crippen molar-refractivity contribution in [1.29, 1.82) is 0 Å². The Morgan fingerprint density at radius 1 is 0.589 bits per heavy atom. The van der Waals surface area contributed by atoms with Gasteiger partial charge in [-0.05, 0) is 162 Å². The van der Waals surface area contributed by atoms with Gasteiger partial charge in [-0.1, -0.05) is 178 Å². The molecule has 0 atom stereocenters. The Balaban J connectivity index is 1.19. The first-order valence-electron chi connectivity index (χ1n) is 31.4. The van der Waals surface area contributed by atoms with Crippen molar-refractivity contribution in [3.8, 4) is 0 Å². The lowest BCUT2D eigenvalue weighted by atomic mass is 9.77. The summed E-state index contributed by atoms with van der Waals surface area (Å²) >= 11 is 0. The van der Waals surface area contributed by atoms with Gasteiger partial charge in [-0.15, -0.1) is 0 Å². The van der Waals surface area contributed by atoms with E-state index in [2.05, 4.69) is 204 Å². The first kappa shape index (κ1) is 64.7. The molecule has 0 fully saturated rings. The van der Waals surface area contributed by atoms with Crippen LogP contribution in [-0.4, -0.2) is 108 Å². The van der Waals surface area contributed by atoms with Crippen molar-refractivity contribution in [3.63, 3.8) is 0 Å². The summed E-state index contributed by atoms with van der Waals surface area (Å²) in [4.78, 5) is 32.8. The highest BCUT2D eigenvalue weighted by molar-refractivity contribution is 6.98. The van der Waals surface area contributed by atoms with Crippen LogP contribution in [0, 0.1) is 0 Å². The van der Waals surface area contributed by atoms with Gasteiger partial charge in [-0.25, -0.2) is 4.58 Å². The Bertz CT molecular complexity index is 4120. The molecule has 8 aromatic rings. The van der Waals surface area contributed by atoms with Crippen LogP contribution in [-0.2, 0) is 48.9 Å². The summed E-state index contributed by atoms with van der Waals surface area (Å²) in [5, 5.41) is 52.9. The van der Waals surface area contributed by atoms with Gasteiger partial charge in [-0.3, -0.25) is 19.4 Å². The van der Waals surface area contributed by atoms with Gasteiger partial charge in [0.2, 0.25) is 5.91 Å². The minimum atomic E-state index is -2.45. The number of nitrogens with zero attached hydrogens (tertiary/aromatic N) is 4. The number of nitrogens with one attached hydrogen (secondary N) is 1. The van der Waals surface area contributed by atoms with E-state index in [1.54, 1.807) is 26.0 Å².